The highest BCUT2D eigenvalue weighted by Gasteiger charge is 2.22. The summed E-state index contributed by atoms with van der Waals surface area (Å²) in [6.07, 6.45) is 2.90. The van der Waals surface area contributed by atoms with Crippen molar-refractivity contribution in [3.63, 3.8) is 0 Å². The molecule has 94 valence electrons. The van der Waals surface area contributed by atoms with E-state index in [0.717, 1.165) is 10.6 Å². The first-order valence-electron chi connectivity index (χ1n) is 5.38. The second-order valence-electron chi connectivity index (χ2n) is 3.83. The minimum Gasteiger partial charge on any atom is -0.504 e. The van der Waals surface area contributed by atoms with Crippen LogP contribution < -0.4 is 5.43 Å². The molecule has 18 heavy (non-hydrogen) atoms. The summed E-state index contributed by atoms with van der Waals surface area (Å²) >= 11 is 0. The standard InChI is InChI=1S/C12H12N2O4/c15-9-2-1-8(7-10(9)16)5-6-13-14-11(17)3-4-12(14)18/h1-4,7,13,15-16H,5-6H2. The lowest BCUT2D eigenvalue weighted by atomic mass is 10.1. The maximum Gasteiger partial charge on any atom is 0.268 e. The lowest BCUT2D eigenvalue weighted by Gasteiger charge is -2.14. The highest BCUT2D eigenvalue weighted by atomic mass is 16.3. The van der Waals surface area contributed by atoms with E-state index in [9.17, 15) is 14.7 Å². The molecule has 6 heteroatoms. The van der Waals surface area contributed by atoms with Crippen LogP contribution >= 0.6 is 0 Å². The summed E-state index contributed by atoms with van der Waals surface area (Å²) in [7, 11) is 0. The molecule has 0 radical (unpaired) electrons. The van der Waals surface area contributed by atoms with Crippen LogP contribution in [0.1, 0.15) is 5.56 Å². The average Bonchev–Trinajstić information content (AvgIpc) is 2.65. The molecule has 0 atom stereocenters. The SMILES string of the molecule is O=C1C=CC(=O)N1NCCc1ccc(O)c(O)c1. The van der Waals surface area contributed by atoms with Gasteiger partial charge in [-0.2, -0.15) is 0 Å². The summed E-state index contributed by atoms with van der Waals surface area (Å²) in [6, 6.07) is 4.48. The molecule has 0 spiro atoms. The van der Waals surface area contributed by atoms with E-state index in [4.69, 9.17) is 5.11 Å². The van der Waals surface area contributed by atoms with E-state index in [0.29, 0.717) is 13.0 Å². The van der Waals surface area contributed by atoms with Crippen molar-refractivity contribution in [2.24, 2.45) is 0 Å². The molecule has 1 aromatic rings. The van der Waals surface area contributed by atoms with Crippen molar-refractivity contribution in [2.45, 2.75) is 6.42 Å². The van der Waals surface area contributed by atoms with E-state index >= 15 is 0 Å². The van der Waals surface area contributed by atoms with E-state index in [1.54, 1.807) is 6.07 Å². The first-order valence-corrected chi connectivity index (χ1v) is 5.38. The average molecular weight is 248 g/mol. The third-order valence-corrected chi connectivity index (χ3v) is 2.53. The number of carbonyl (C=O) groups excluding carboxylic acids is 2. The van der Waals surface area contributed by atoms with E-state index in [1.807, 2.05) is 0 Å². The fourth-order valence-corrected chi connectivity index (χ4v) is 1.59. The van der Waals surface area contributed by atoms with Crippen molar-refractivity contribution in [1.82, 2.24) is 10.4 Å². The van der Waals surface area contributed by atoms with Gasteiger partial charge in [0.15, 0.2) is 11.5 Å². The summed E-state index contributed by atoms with van der Waals surface area (Å²) < 4.78 is 0. The number of imide groups is 1. The van der Waals surface area contributed by atoms with Crippen LogP contribution in [-0.2, 0) is 16.0 Å². The molecular weight excluding hydrogens is 236 g/mol. The van der Waals surface area contributed by atoms with Crippen molar-refractivity contribution >= 4 is 11.8 Å². The van der Waals surface area contributed by atoms with Crippen LogP contribution in [0.15, 0.2) is 30.4 Å². The molecule has 6 nitrogen and oxygen atoms in total. The third kappa shape index (κ3) is 2.49. The van der Waals surface area contributed by atoms with Gasteiger partial charge in [-0.1, -0.05) is 6.07 Å². The predicted molar refractivity (Wildman–Crippen MR) is 62.5 cm³/mol. The first-order chi connectivity index (χ1) is 8.58. The molecule has 0 saturated carbocycles. The molecule has 0 bridgehead atoms. The molecule has 0 saturated heterocycles. The molecular formula is C12H12N2O4. The second-order valence-corrected chi connectivity index (χ2v) is 3.83. The molecule has 1 aromatic carbocycles. The normalized spacial score (nSPS) is 14.6. The maximum absolute atomic E-state index is 11.2. The number of hydrogen-bond donors (Lipinski definition) is 3. The van der Waals surface area contributed by atoms with E-state index in [2.05, 4.69) is 5.43 Å². The molecule has 0 fully saturated rings. The number of nitrogens with one attached hydrogen (secondary N) is 1. The largest absolute Gasteiger partial charge is 0.504 e. The van der Waals surface area contributed by atoms with Gasteiger partial charge in [0.25, 0.3) is 11.8 Å². The van der Waals surface area contributed by atoms with Crippen molar-refractivity contribution in [3.05, 3.63) is 35.9 Å². The highest BCUT2D eigenvalue weighted by Crippen LogP contribution is 2.24. The van der Waals surface area contributed by atoms with Crippen LogP contribution in [0.25, 0.3) is 0 Å². The summed E-state index contributed by atoms with van der Waals surface area (Å²) in [5.74, 6) is -1.16. The molecule has 1 aliphatic rings. The highest BCUT2D eigenvalue weighted by molar-refractivity contribution is 6.12. The van der Waals surface area contributed by atoms with Gasteiger partial charge in [-0.25, -0.2) is 10.4 Å². The number of rotatable bonds is 4. The van der Waals surface area contributed by atoms with Crippen molar-refractivity contribution < 1.29 is 19.8 Å². The maximum atomic E-state index is 11.2. The van der Waals surface area contributed by atoms with Crippen molar-refractivity contribution in [1.29, 1.82) is 0 Å². The summed E-state index contributed by atoms with van der Waals surface area (Å²) in [5.41, 5.74) is 3.47. The van der Waals surface area contributed by atoms with Gasteiger partial charge in [0, 0.05) is 18.7 Å². The Morgan fingerprint density at radius 2 is 1.72 bits per heavy atom. The van der Waals surface area contributed by atoms with Gasteiger partial charge in [0.05, 0.1) is 0 Å². The summed E-state index contributed by atoms with van der Waals surface area (Å²) in [5, 5.41) is 19.4. The molecule has 2 rings (SSSR count). The molecule has 0 aliphatic carbocycles. The minimum atomic E-state index is -0.395. The van der Waals surface area contributed by atoms with Crippen LogP contribution in [0, 0.1) is 0 Å². The number of nitrogens with zero attached hydrogens (tertiary/aromatic N) is 1. The molecule has 0 aromatic heterocycles. The second kappa shape index (κ2) is 4.89. The number of aromatic hydroxyl groups is 2. The van der Waals surface area contributed by atoms with Gasteiger partial charge in [0.2, 0.25) is 0 Å². The quantitative estimate of drug-likeness (QED) is 0.518. The van der Waals surface area contributed by atoms with Gasteiger partial charge < -0.3 is 10.2 Å². The van der Waals surface area contributed by atoms with E-state index in [1.165, 1.54) is 24.3 Å². The fraction of sp³-hybridized carbons (Fsp3) is 0.167. The number of amides is 2. The zero-order valence-electron chi connectivity index (χ0n) is 9.46. The Hall–Kier alpha value is -2.34. The van der Waals surface area contributed by atoms with E-state index in [-0.39, 0.29) is 11.5 Å². The monoisotopic (exact) mass is 248 g/mol. The summed E-state index contributed by atoms with van der Waals surface area (Å²) in [6.45, 7) is 0.364. The van der Waals surface area contributed by atoms with Gasteiger partial charge in [-0.15, -0.1) is 0 Å². The Balaban J connectivity index is 1.87. The van der Waals surface area contributed by atoms with Gasteiger partial charge in [-0.3, -0.25) is 9.59 Å². The molecule has 3 N–H and O–H groups in total. The lowest BCUT2D eigenvalue weighted by molar-refractivity contribution is -0.140. The van der Waals surface area contributed by atoms with E-state index < -0.39 is 11.8 Å². The Morgan fingerprint density at radius 1 is 1.06 bits per heavy atom. The molecule has 2 amide bonds. The predicted octanol–water partition coefficient (Wildman–Crippen LogP) is 0.0699. The Bertz CT molecular complexity index is 507. The number of benzene rings is 1. The number of phenols is 2. The number of hydrogen-bond acceptors (Lipinski definition) is 5. The van der Waals surface area contributed by atoms with Crippen LogP contribution in [0.4, 0.5) is 0 Å². The zero-order chi connectivity index (χ0) is 13.1. The van der Waals surface area contributed by atoms with Crippen LogP contribution in [0.2, 0.25) is 0 Å². The first kappa shape index (κ1) is 12.1. The smallest absolute Gasteiger partial charge is 0.268 e. The molecule has 1 aliphatic heterocycles. The molecule has 1 heterocycles. The van der Waals surface area contributed by atoms with Crippen molar-refractivity contribution in [2.75, 3.05) is 6.54 Å². The van der Waals surface area contributed by atoms with Crippen LogP contribution in [0.3, 0.4) is 0 Å². The van der Waals surface area contributed by atoms with Gasteiger partial charge >= 0.3 is 0 Å². The topological polar surface area (TPSA) is 89.9 Å². The lowest BCUT2D eigenvalue weighted by Crippen LogP contribution is -2.43. The number of carbonyl (C=O) groups is 2. The Labute approximate surface area is 103 Å². The summed E-state index contributed by atoms with van der Waals surface area (Å²) in [4.78, 5) is 22.4. The number of hydrazine groups is 1. The zero-order valence-corrected chi connectivity index (χ0v) is 9.46. The van der Waals surface area contributed by atoms with Crippen molar-refractivity contribution in [3.8, 4) is 11.5 Å². The van der Waals surface area contributed by atoms with Crippen LogP contribution in [-0.4, -0.2) is 33.6 Å². The Kier molecular flexibility index (Phi) is 3.29. The Morgan fingerprint density at radius 3 is 2.33 bits per heavy atom. The number of phenolic OH excluding ortho intramolecular Hbond substituents is 2. The third-order valence-electron chi connectivity index (χ3n) is 2.53. The minimum absolute atomic E-state index is 0.180. The van der Waals surface area contributed by atoms with Crippen LogP contribution in [0.5, 0.6) is 11.5 Å². The molecule has 0 unspecified atom stereocenters. The van der Waals surface area contributed by atoms with Gasteiger partial charge in [0.1, 0.15) is 0 Å². The van der Waals surface area contributed by atoms with Gasteiger partial charge in [-0.05, 0) is 24.1 Å². The fourth-order valence-electron chi connectivity index (χ4n) is 1.59.